The fraction of sp³-hybridized carbons (Fsp3) is 0.500. The zero-order valence-electron chi connectivity index (χ0n) is 16.3. The second-order valence-electron chi connectivity index (χ2n) is 7.90. The lowest BCUT2D eigenvalue weighted by Gasteiger charge is -2.25. The fourth-order valence-electron chi connectivity index (χ4n) is 3.93. The van der Waals surface area contributed by atoms with Crippen LogP contribution in [0, 0.1) is 12.8 Å². The molecular weight excluding hydrogens is 318 g/mol. The minimum absolute atomic E-state index is 0.559. The Morgan fingerprint density at radius 3 is 2.50 bits per heavy atom. The van der Waals surface area contributed by atoms with Gasteiger partial charge in [0.2, 0.25) is 0 Å². The van der Waals surface area contributed by atoms with Gasteiger partial charge in [-0.05, 0) is 37.8 Å². The van der Waals surface area contributed by atoms with Crippen molar-refractivity contribution in [3.8, 4) is 5.75 Å². The molecule has 0 radical (unpaired) electrons. The Morgan fingerprint density at radius 1 is 1.00 bits per heavy atom. The maximum absolute atomic E-state index is 6.11. The molecule has 0 amide bonds. The van der Waals surface area contributed by atoms with Crippen molar-refractivity contribution >= 4 is 0 Å². The predicted molar refractivity (Wildman–Crippen MR) is 109 cm³/mol. The van der Waals surface area contributed by atoms with E-state index in [-0.39, 0.29) is 0 Å². The summed E-state index contributed by atoms with van der Waals surface area (Å²) in [6.07, 6.45) is 8.42. The van der Waals surface area contributed by atoms with Crippen LogP contribution in [0.5, 0.6) is 5.75 Å². The fourth-order valence-corrected chi connectivity index (χ4v) is 3.93. The van der Waals surface area contributed by atoms with E-state index in [4.69, 9.17) is 4.74 Å². The van der Waals surface area contributed by atoms with Crippen LogP contribution in [-0.2, 0) is 13.2 Å². The van der Waals surface area contributed by atoms with E-state index in [0.717, 1.165) is 18.2 Å². The molecular formula is C24H33NO. The summed E-state index contributed by atoms with van der Waals surface area (Å²) in [6, 6.07) is 17.5. The third-order valence-electron chi connectivity index (χ3n) is 5.54. The first-order chi connectivity index (χ1) is 12.7. The molecule has 1 aliphatic carbocycles. The van der Waals surface area contributed by atoms with E-state index in [0.29, 0.717) is 12.6 Å². The van der Waals surface area contributed by atoms with Crippen molar-refractivity contribution in [1.29, 1.82) is 0 Å². The van der Waals surface area contributed by atoms with E-state index in [2.05, 4.69) is 67.7 Å². The minimum Gasteiger partial charge on any atom is -0.489 e. The van der Waals surface area contributed by atoms with Crippen LogP contribution < -0.4 is 10.1 Å². The van der Waals surface area contributed by atoms with E-state index >= 15 is 0 Å². The standard InChI is InChI=1S/C24H33NO/c1-19-12-14-22(15-13-19)18-26-24-11-7-6-10-23(24)17-25-20(2)16-21-8-4-3-5-9-21/h6-7,10-15,20-21,25H,3-5,8-9,16-18H2,1-2H3. The normalized spacial score (nSPS) is 16.4. The van der Waals surface area contributed by atoms with E-state index in [9.17, 15) is 0 Å². The highest BCUT2D eigenvalue weighted by Gasteiger charge is 2.16. The first kappa shape index (κ1) is 19.0. The summed E-state index contributed by atoms with van der Waals surface area (Å²) in [7, 11) is 0. The predicted octanol–water partition coefficient (Wildman–Crippen LogP) is 6.02. The number of aryl methyl sites for hydroxylation is 1. The van der Waals surface area contributed by atoms with Crippen LogP contribution in [0.2, 0.25) is 0 Å². The summed E-state index contributed by atoms with van der Waals surface area (Å²) in [4.78, 5) is 0. The van der Waals surface area contributed by atoms with Crippen LogP contribution in [0.1, 0.15) is 62.1 Å². The molecule has 1 fully saturated rings. The SMILES string of the molecule is Cc1ccc(COc2ccccc2CNC(C)CC2CCCCC2)cc1. The van der Waals surface area contributed by atoms with Gasteiger partial charge in [-0.2, -0.15) is 0 Å². The van der Waals surface area contributed by atoms with Crippen LogP contribution >= 0.6 is 0 Å². The van der Waals surface area contributed by atoms with E-state index in [1.54, 1.807) is 0 Å². The Kier molecular flexibility index (Phi) is 7.13. The number of nitrogens with one attached hydrogen (secondary N) is 1. The van der Waals surface area contributed by atoms with Crippen LogP contribution in [0.15, 0.2) is 48.5 Å². The van der Waals surface area contributed by atoms with Gasteiger partial charge in [-0.1, -0.05) is 80.1 Å². The maximum Gasteiger partial charge on any atom is 0.124 e. The highest BCUT2D eigenvalue weighted by molar-refractivity contribution is 5.33. The molecule has 0 heterocycles. The monoisotopic (exact) mass is 351 g/mol. The molecule has 140 valence electrons. The zero-order chi connectivity index (χ0) is 18.2. The molecule has 0 saturated heterocycles. The summed E-state index contributed by atoms with van der Waals surface area (Å²) in [5, 5.41) is 3.71. The van der Waals surface area contributed by atoms with E-state index in [1.807, 2.05) is 0 Å². The van der Waals surface area contributed by atoms with Crippen molar-refractivity contribution in [2.75, 3.05) is 0 Å². The number of para-hydroxylation sites is 1. The molecule has 2 heteroatoms. The Labute approximate surface area is 159 Å². The summed E-state index contributed by atoms with van der Waals surface area (Å²) in [5.74, 6) is 1.91. The first-order valence-electron chi connectivity index (χ1n) is 10.2. The molecule has 3 rings (SSSR count). The molecule has 0 spiro atoms. The smallest absolute Gasteiger partial charge is 0.124 e. The van der Waals surface area contributed by atoms with Crippen LogP contribution in [-0.4, -0.2) is 6.04 Å². The largest absolute Gasteiger partial charge is 0.489 e. The van der Waals surface area contributed by atoms with E-state index < -0.39 is 0 Å². The second-order valence-corrected chi connectivity index (χ2v) is 7.90. The molecule has 0 aromatic heterocycles. The van der Waals surface area contributed by atoms with Crippen molar-refractivity contribution < 1.29 is 4.74 Å². The summed E-state index contributed by atoms with van der Waals surface area (Å²) < 4.78 is 6.11. The molecule has 1 N–H and O–H groups in total. The van der Waals surface area contributed by atoms with Crippen molar-refractivity contribution in [3.63, 3.8) is 0 Å². The summed E-state index contributed by atoms with van der Waals surface area (Å²) in [5.41, 5.74) is 3.74. The molecule has 26 heavy (non-hydrogen) atoms. The van der Waals surface area contributed by atoms with Gasteiger partial charge in [-0.3, -0.25) is 0 Å². The Morgan fingerprint density at radius 2 is 1.73 bits per heavy atom. The van der Waals surface area contributed by atoms with Gasteiger partial charge in [-0.15, -0.1) is 0 Å². The third-order valence-corrected chi connectivity index (χ3v) is 5.54. The van der Waals surface area contributed by atoms with Gasteiger partial charge in [0, 0.05) is 18.2 Å². The number of hydrogen-bond acceptors (Lipinski definition) is 2. The molecule has 1 atom stereocenters. The lowest BCUT2D eigenvalue weighted by atomic mass is 9.85. The quantitative estimate of drug-likeness (QED) is 0.627. The number of hydrogen-bond donors (Lipinski definition) is 1. The lowest BCUT2D eigenvalue weighted by Crippen LogP contribution is -2.28. The zero-order valence-corrected chi connectivity index (χ0v) is 16.3. The van der Waals surface area contributed by atoms with Crippen LogP contribution in [0.25, 0.3) is 0 Å². The van der Waals surface area contributed by atoms with Gasteiger partial charge < -0.3 is 10.1 Å². The molecule has 1 aliphatic rings. The molecule has 0 bridgehead atoms. The summed E-state index contributed by atoms with van der Waals surface area (Å²) in [6.45, 7) is 5.93. The van der Waals surface area contributed by atoms with Gasteiger partial charge >= 0.3 is 0 Å². The Balaban J connectivity index is 1.50. The van der Waals surface area contributed by atoms with Gasteiger partial charge in [0.1, 0.15) is 12.4 Å². The second kappa shape index (κ2) is 9.78. The van der Waals surface area contributed by atoms with E-state index in [1.165, 1.54) is 55.2 Å². The number of benzene rings is 2. The highest BCUT2D eigenvalue weighted by Crippen LogP contribution is 2.27. The molecule has 2 aromatic rings. The van der Waals surface area contributed by atoms with Gasteiger partial charge in [0.15, 0.2) is 0 Å². The van der Waals surface area contributed by atoms with Crippen molar-refractivity contribution in [2.45, 2.75) is 71.6 Å². The molecule has 1 saturated carbocycles. The highest BCUT2D eigenvalue weighted by atomic mass is 16.5. The van der Waals surface area contributed by atoms with Crippen molar-refractivity contribution in [1.82, 2.24) is 5.32 Å². The van der Waals surface area contributed by atoms with Crippen molar-refractivity contribution in [3.05, 3.63) is 65.2 Å². The maximum atomic E-state index is 6.11. The Bertz CT molecular complexity index is 658. The average Bonchev–Trinajstić information content (AvgIpc) is 2.67. The van der Waals surface area contributed by atoms with Crippen LogP contribution in [0.3, 0.4) is 0 Å². The van der Waals surface area contributed by atoms with Gasteiger partial charge in [-0.25, -0.2) is 0 Å². The minimum atomic E-state index is 0.559. The van der Waals surface area contributed by atoms with Crippen LogP contribution in [0.4, 0.5) is 0 Å². The number of ether oxygens (including phenoxy) is 1. The number of rotatable bonds is 8. The lowest BCUT2D eigenvalue weighted by molar-refractivity contribution is 0.294. The molecule has 2 nitrogen and oxygen atoms in total. The molecule has 2 aromatic carbocycles. The Hall–Kier alpha value is -1.80. The summed E-state index contributed by atoms with van der Waals surface area (Å²) >= 11 is 0. The molecule has 1 unspecified atom stereocenters. The average molecular weight is 352 g/mol. The molecule has 0 aliphatic heterocycles. The van der Waals surface area contributed by atoms with Gasteiger partial charge in [0.25, 0.3) is 0 Å². The van der Waals surface area contributed by atoms with Crippen molar-refractivity contribution in [2.24, 2.45) is 5.92 Å². The topological polar surface area (TPSA) is 21.3 Å². The first-order valence-corrected chi connectivity index (χ1v) is 10.2. The third kappa shape index (κ3) is 5.88. The van der Waals surface area contributed by atoms with Gasteiger partial charge in [0.05, 0.1) is 0 Å².